The van der Waals surface area contributed by atoms with Crippen LogP contribution in [0.3, 0.4) is 0 Å². The highest BCUT2D eigenvalue weighted by Gasteiger charge is 2.28. The number of aryl methyl sites for hydroxylation is 1. The van der Waals surface area contributed by atoms with Crippen LogP contribution in [0.15, 0.2) is 36.5 Å². The molecule has 1 atom stereocenters. The molecule has 6 heteroatoms. The van der Waals surface area contributed by atoms with Crippen molar-refractivity contribution in [2.75, 3.05) is 13.1 Å². The van der Waals surface area contributed by atoms with Gasteiger partial charge in [0.05, 0.1) is 6.42 Å². The third-order valence-electron chi connectivity index (χ3n) is 6.19. The molecule has 1 aromatic carbocycles. The molecule has 1 aromatic heterocycles. The molecule has 6 nitrogen and oxygen atoms in total. The number of hydrogen-bond donors (Lipinski definition) is 1. The highest BCUT2D eigenvalue weighted by Crippen LogP contribution is 2.23. The molecule has 2 amide bonds. The number of likely N-dealkylation sites (tertiary alicyclic amines) is 1. The highest BCUT2D eigenvalue weighted by atomic mass is 16.2. The average Bonchev–Trinajstić information content (AvgIpc) is 3.35. The van der Waals surface area contributed by atoms with E-state index in [0.29, 0.717) is 30.6 Å². The Morgan fingerprint density at radius 1 is 1.10 bits per heavy atom. The van der Waals surface area contributed by atoms with E-state index in [1.807, 2.05) is 11.8 Å². The lowest BCUT2D eigenvalue weighted by Crippen LogP contribution is -2.40. The minimum Gasteiger partial charge on any atom is -0.353 e. The standard InChI is InChI=1S/C23H30N4O2/c1-2-27-21(10-12-24-27)23(29)26-13-11-19(16-26)14-17-6-8-18(9-7-17)15-22(28)25-20-4-3-5-20/h6-10,12,19-20H,2-5,11,13-16H2,1H3,(H,25,28). The monoisotopic (exact) mass is 394 g/mol. The van der Waals surface area contributed by atoms with Gasteiger partial charge in [-0.3, -0.25) is 14.3 Å². The number of rotatable bonds is 7. The summed E-state index contributed by atoms with van der Waals surface area (Å²) in [5.74, 6) is 0.683. The van der Waals surface area contributed by atoms with Gasteiger partial charge in [0.25, 0.3) is 5.91 Å². The lowest BCUT2D eigenvalue weighted by Gasteiger charge is -2.26. The molecular weight excluding hydrogens is 364 g/mol. The number of hydrogen-bond acceptors (Lipinski definition) is 3. The van der Waals surface area contributed by atoms with Gasteiger partial charge in [-0.25, -0.2) is 0 Å². The van der Waals surface area contributed by atoms with E-state index in [2.05, 4.69) is 34.7 Å². The number of amides is 2. The van der Waals surface area contributed by atoms with E-state index in [-0.39, 0.29) is 11.8 Å². The van der Waals surface area contributed by atoms with Gasteiger partial charge in [0.1, 0.15) is 5.69 Å². The summed E-state index contributed by atoms with van der Waals surface area (Å²) in [4.78, 5) is 26.8. The van der Waals surface area contributed by atoms with Crippen LogP contribution in [-0.4, -0.2) is 45.6 Å². The molecule has 1 saturated heterocycles. The number of benzene rings is 1. The first kappa shape index (κ1) is 19.7. The Morgan fingerprint density at radius 3 is 2.55 bits per heavy atom. The molecule has 0 bridgehead atoms. The second-order valence-electron chi connectivity index (χ2n) is 8.33. The van der Waals surface area contributed by atoms with Crippen molar-refractivity contribution in [2.45, 2.75) is 58.0 Å². The zero-order chi connectivity index (χ0) is 20.2. The molecule has 29 heavy (non-hydrogen) atoms. The van der Waals surface area contributed by atoms with E-state index in [1.165, 1.54) is 12.0 Å². The van der Waals surface area contributed by atoms with Gasteiger partial charge < -0.3 is 10.2 Å². The second-order valence-corrected chi connectivity index (χ2v) is 8.33. The second kappa shape index (κ2) is 8.80. The van der Waals surface area contributed by atoms with Crippen LogP contribution in [0.1, 0.15) is 54.2 Å². The maximum absolute atomic E-state index is 12.8. The molecule has 1 aliphatic carbocycles. The fourth-order valence-corrected chi connectivity index (χ4v) is 4.26. The van der Waals surface area contributed by atoms with Crippen LogP contribution in [0.25, 0.3) is 0 Å². The molecule has 2 heterocycles. The largest absolute Gasteiger partial charge is 0.353 e. The molecule has 2 fully saturated rings. The number of nitrogens with zero attached hydrogens (tertiary/aromatic N) is 3. The van der Waals surface area contributed by atoms with E-state index in [9.17, 15) is 9.59 Å². The average molecular weight is 395 g/mol. The quantitative estimate of drug-likeness (QED) is 0.785. The summed E-state index contributed by atoms with van der Waals surface area (Å²) >= 11 is 0. The van der Waals surface area contributed by atoms with Crippen LogP contribution >= 0.6 is 0 Å². The summed E-state index contributed by atoms with van der Waals surface area (Å²) in [6, 6.07) is 10.6. The van der Waals surface area contributed by atoms with Crippen LogP contribution in [0, 0.1) is 5.92 Å². The summed E-state index contributed by atoms with van der Waals surface area (Å²) in [7, 11) is 0. The third kappa shape index (κ3) is 4.69. The number of nitrogens with one attached hydrogen (secondary N) is 1. The van der Waals surface area contributed by atoms with Crippen LogP contribution in [0.4, 0.5) is 0 Å². The molecule has 1 aliphatic heterocycles. The SMILES string of the molecule is CCn1nccc1C(=O)N1CCC(Cc2ccc(CC(=O)NC3CCC3)cc2)C1. The minimum atomic E-state index is 0.0830. The van der Waals surface area contributed by atoms with E-state index in [0.717, 1.165) is 44.3 Å². The van der Waals surface area contributed by atoms with Crippen LogP contribution in [0.2, 0.25) is 0 Å². The lowest BCUT2D eigenvalue weighted by molar-refractivity contribution is -0.121. The van der Waals surface area contributed by atoms with Crippen molar-refractivity contribution < 1.29 is 9.59 Å². The zero-order valence-corrected chi connectivity index (χ0v) is 17.1. The maximum Gasteiger partial charge on any atom is 0.272 e. The first-order chi connectivity index (χ1) is 14.1. The van der Waals surface area contributed by atoms with Crippen molar-refractivity contribution in [3.05, 3.63) is 53.3 Å². The molecule has 0 spiro atoms. The Kier molecular flexibility index (Phi) is 5.97. The number of carbonyl (C=O) groups is 2. The first-order valence-corrected chi connectivity index (χ1v) is 10.8. The van der Waals surface area contributed by atoms with Crippen molar-refractivity contribution >= 4 is 11.8 Å². The normalized spacial score (nSPS) is 19.2. The van der Waals surface area contributed by atoms with Crippen molar-refractivity contribution in [1.82, 2.24) is 20.0 Å². The van der Waals surface area contributed by atoms with Gasteiger partial charge in [-0.2, -0.15) is 5.10 Å². The van der Waals surface area contributed by atoms with E-state index >= 15 is 0 Å². The summed E-state index contributed by atoms with van der Waals surface area (Å²) in [6.45, 7) is 4.30. The molecule has 1 saturated carbocycles. The summed E-state index contributed by atoms with van der Waals surface area (Å²) < 4.78 is 1.76. The first-order valence-electron chi connectivity index (χ1n) is 10.8. The Labute approximate surface area is 172 Å². The van der Waals surface area contributed by atoms with Crippen LogP contribution < -0.4 is 5.32 Å². The minimum absolute atomic E-state index is 0.0830. The smallest absolute Gasteiger partial charge is 0.272 e. The molecule has 2 aliphatic rings. The van der Waals surface area contributed by atoms with Crippen molar-refractivity contribution in [3.8, 4) is 0 Å². The van der Waals surface area contributed by atoms with Crippen LogP contribution in [0.5, 0.6) is 0 Å². The maximum atomic E-state index is 12.8. The summed E-state index contributed by atoms with van der Waals surface area (Å²) in [5, 5.41) is 7.30. The Hall–Kier alpha value is -2.63. The molecular formula is C23H30N4O2. The van der Waals surface area contributed by atoms with Crippen molar-refractivity contribution in [1.29, 1.82) is 0 Å². The van der Waals surface area contributed by atoms with Crippen molar-refractivity contribution in [2.24, 2.45) is 5.92 Å². The van der Waals surface area contributed by atoms with Gasteiger partial charge in [-0.05, 0) is 62.1 Å². The van der Waals surface area contributed by atoms with Gasteiger partial charge >= 0.3 is 0 Å². The summed E-state index contributed by atoms with van der Waals surface area (Å²) in [6.07, 6.45) is 7.60. The van der Waals surface area contributed by atoms with Gasteiger partial charge in [0.15, 0.2) is 0 Å². The molecule has 1 unspecified atom stereocenters. The molecule has 1 N–H and O–H groups in total. The van der Waals surface area contributed by atoms with Gasteiger partial charge in [0.2, 0.25) is 5.91 Å². The highest BCUT2D eigenvalue weighted by molar-refractivity contribution is 5.92. The van der Waals surface area contributed by atoms with E-state index < -0.39 is 0 Å². The fourth-order valence-electron chi connectivity index (χ4n) is 4.26. The summed E-state index contributed by atoms with van der Waals surface area (Å²) in [5.41, 5.74) is 3.00. The zero-order valence-electron chi connectivity index (χ0n) is 17.1. The molecule has 2 aromatic rings. The van der Waals surface area contributed by atoms with Crippen LogP contribution in [-0.2, 0) is 24.2 Å². The Balaban J connectivity index is 1.27. The predicted octanol–water partition coefficient (Wildman–Crippen LogP) is 2.82. The van der Waals surface area contributed by atoms with Gasteiger partial charge in [-0.1, -0.05) is 24.3 Å². The Bertz CT molecular complexity index is 854. The van der Waals surface area contributed by atoms with Gasteiger partial charge in [0, 0.05) is 31.9 Å². The molecule has 154 valence electrons. The Morgan fingerprint density at radius 2 is 1.86 bits per heavy atom. The number of carbonyl (C=O) groups excluding carboxylic acids is 2. The number of aromatic nitrogens is 2. The van der Waals surface area contributed by atoms with Crippen molar-refractivity contribution in [3.63, 3.8) is 0 Å². The predicted molar refractivity (Wildman–Crippen MR) is 112 cm³/mol. The molecule has 0 radical (unpaired) electrons. The topological polar surface area (TPSA) is 67.2 Å². The van der Waals surface area contributed by atoms with E-state index in [4.69, 9.17) is 0 Å². The van der Waals surface area contributed by atoms with Gasteiger partial charge in [-0.15, -0.1) is 0 Å². The molecule has 4 rings (SSSR count). The van der Waals surface area contributed by atoms with E-state index in [1.54, 1.807) is 16.9 Å². The lowest BCUT2D eigenvalue weighted by atomic mass is 9.93. The third-order valence-corrected chi connectivity index (χ3v) is 6.19. The fraction of sp³-hybridized carbons (Fsp3) is 0.522.